The number of nitrogens with one attached hydrogen (secondary N) is 1. The zero-order valence-corrected chi connectivity index (χ0v) is 8.98. The Balaban J connectivity index is 1.99. The van der Waals surface area contributed by atoms with Crippen molar-refractivity contribution in [1.29, 1.82) is 0 Å². The molecule has 0 aliphatic heterocycles. The van der Waals surface area contributed by atoms with Crippen molar-refractivity contribution in [1.82, 2.24) is 9.97 Å². The van der Waals surface area contributed by atoms with Gasteiger partial charge in [-0.05, 0) is 31.4 Å². The molecule has 16 heavy (non-hydrogen) atoms. The van der Waals surface area contributed by atoms with E-state index in [1.54, 1.807) is 12.1 Å². The van der Waals surface area contributed by atoms with Crippen LogP contribution in [-0.4, -0.2) is 21.1 Å². The number of aromatic nitrogens is 2. The Morgan fingerprint density at radius 3 is 3.00 bits per heavy atom. The zero-order valence-electron chi connectivity index (χ0n) is 8.98. The summed E-state index contributed by atoms with van der Waals surface area (Å²) in [5.74, 6) is 1.73. The molecule has 1 heterocycles. The van der Waals surface area contributed by atoms with Crippen molar-refractivity contribution in [3.8, 4) is 5.75 Å². The van der Waals surface area contributed by atoms with Crippen molar-refractivity contribution < 1.29 is 5.11 Å². The fourth-order valence-electron chi connectivity index (χ4n) is 2.48. The topological polar surface area (TPSA) is 74.9 Å². The third-order valence-corrected chi connectivity index (χ3v) is 3.34. The molecule has 1 fully saturated rings. The summed E-state index contributed by atoms with van der Waals surface area (Å²) in [6.07, 6.45) is 3.19. The second-order valence-corrected chi connectivity index (χ2v) is 4.59. The average Bonchev–Trinajstić information content (AvgIpc) is 2.83. The minimum absolute atomic E-state index is 0.269. The van der Waals surface area contributed by atoms with Crippen LogP contribution in [0.25, 0.3) is 11.0 Å². The smallest absolute Gasteiger partial charge is 0.117 e. The predicted octanol–water partition coefficient (Wildman–Crippen LogP) is 1.86. The van der Waals surface area contributed by atoms with Gasteiger partial charge in [0, 0.05) is 18.0 Å². The quantitative estimate of drug-likeness (QED) is 0.682. The Hall–Kier alpha value is -1.55. The Kier molecular flexibility index (Phi) is 2.11. The Bertz CT molecular complexity index is 520. The highest BCUT2D eigenvalue weighted by Crippen LogP contribution is 2.33. The lowest BCUT2D eigenvalue weighted by Crippen LogP contribution is -2.14. The number of phenolic OH excluding ortho intramolecular Hbond substituents is 1. The first-order valence-electron chi connectivity index (χ1n) is 5.66. The van der Waals surface area contributed by atoms with E-state index >= 15 is 0 Å². The average molecular weight is 217 g/mol. The summed E-state index contributed by atoms with van der Waals surface area (Å²) < 4.78 is 0. The molecule has 1 aliphatic rings. The highest BCUT2D eigenvalue weighted by Gasteiger charge is 2.25. The van der Waals surface area contributed by atoms with E-state index in [0.29, 0.717) is 12.0 Å². The van der Waals surface area contributed by atoms with E-state index in [1.165, 1.54) is 0 Å². The molecule has 0 bridgehead atoms. The monoisotopic (exact) mass is 217 g/mol. The molecule has 0 unspecified atom stereocenters. The van der Waals surface area contributed by atoms with Crippen LogP contribution in [0.3, 0.4) is 0 Å². The van der Waals surface area contributed by atoms with E-state index in [4.69, 9.17) is 5.73 Å². The number of aromatic hydroxyl groups is 1. The number of nitrogens with zero attached hydrogens (tertiary/aromatic N) is 1. The minimum atomic E-state index is 0.269. The van der Waals surface area contributed by atoms with Gasteiger partial charge in [0.05, 0.1) is 11.0 Å². The molecule has 4 N–H and O–H groups in total. The second kappa shape index (κ2) is 3.49. The maximum Gasteiger partial charge on any atom is 0.117 e. The number of nitrogens with two attached hydrogens (primary N) is 1. The zero-order chi connectivity index (χ0) is 11.1. The van der Waals surface area contributed by atoms with Gasteiger partial charge in [0.25, 0.3) is 0 Å². The van der Waals surface area contributed by atoms with Crippen molar-refractivity contribution in [3.05, 3.63) is 24.0 Å². The van der Waals surface area contributed by atoms with E-state index in [2.05, 4.69) is 9.97 Å². The molecule has 2 atom stereocenters. The first kappa shape index (κ1) is 9.66. The Morgan fingerprint density at radius 2 is 2.25 bits per heavy atom. The van der Waals surface area contributed by atoms with E-state index in [-0.39, 0.29) is 5.75 Å². The fourth-order valence-corrected chi connectivity index (χ4v) is 2.48. The maximum absolute atomic E-state index is 9.38. The van der Waals surface area contributed by atoms with Crippen LogP contribution in [0.5, 0.6) is 5.75 Å². The van der Waals surface area contributed by atoms with E-state index in [0.717, 1.165) is 36.1 Å². The van der Waals surface area contributed by atoms with Gasteiger partial charge >= 0.3 is 0 Å². The first-order chi connectivity index (χ1) is 7.72. The van der Waals surface area contributed by atoms with E-state index in [9.17, 15) is 5.11 Å². The molecule has 0 amide bonds. The molecular weight excluding hydrogens is 202 g/mol. The van der Waals surface area contributed by atoms with Gasteiger partial charge in [-0.2, -0.15) is 0 Å². The molecule has 1 aliphatic carbocycles. The van der Waals surface area contributed by atoms with Crippen LogP contribution in [0.15, 0.2) is 18.2 Å². The largest absolute Gasteiger partial charge is 0.508 e. The fraction of sp³-hybridized carbons (Fsp3) is 0.417. The van der Waals surface area contributed by atoms with Crippen molar-refractivity contribution in [2.24, 2.45) is 5.73 Å². The van der Waals surface area contributed by atoms with Gasteiger partial charge in [0.2, 0.25) is 0 Å². The molecule has 0 saturated heterocycles. The summed E-state index contributed by atoms with van der Waals surface area (Å²) in [7, 11) is 0. The molecule has 3 rings (SSSR count). The van der Waals surface area contributed by atoms with Gasteiger partial charge in [0.15, 0.2) is 0 Å². The number of imidazole rings is 1. The first-order valence-corrected chi connectivity index (χ1v) is 5.66. The van der Waals surface area contributed by atoms with Crippen LogP contribution in [0.1, 0.15) is 31.0 Å². The van der Waals surface area contributed by atoms with Gasteiger partial charge < -0.3 is 15.8 Å². The maximum atomic E-state index is 9.38. The van der Waals surface area contributed by atoms with Crippen molar-refractivity contribution in [2.75, 3.05) is 0 Å². The highest BCUT2D eigenvalue weighted by molar-refractivity contribution is 5.76. The molecule has 1 aromatic carbocycles. The number of hydrogen-bond donors (Lipinski definition) is 3. The normalized spacial score (nSPS) is 25.3. The lowest BCUT2D eigenvalue weighted by Gasteiger charge is -2.04. The molecule has 4 heteroatoms. The number of rotatable bonds is 1. The number of H-pyrrole nitrogens is 1. The Morgan fingerprint density at radius 1 is 1.38 bits per heavy atom. The van der Waals surface area contributed by atoms with Crippen LogP contribution in [-0.2, 0) is 0 Å². The van der Waals surface area contributed by atoms with Gasteiger partial charge in [-0.1, -0.05) is 0 Å². The standard InChI is InChI=1S/C12H15N3O/c13-8-2-1-7(5-8)12-14-10-4-3-9(16)6-11(10)15-12/h3-4,6-8,16H,1-2,5,13H2,(H,14,15)/t7-,8+/m1/s1. The lowest BCUT2D eigenvalue weighted by molar-refractivity contribution is 0.476. The summed E-state index contributed by atoms with van der Waals surface area (Å²) in [4.78, 5) is 7.82. The van der Waals surface area contributed by atoms with Crippen LogP contribution in [0.4, 0.5) is 0 Å². The second-order valence-electron chi connectivity index (χ2n) is 4.59. The van der Waals surface area contributed by atoms with Crippen LogP contribution < -0.4 is 5.73 Å². The summed E-state index contributed by atoms with van der Waals surface area (Å²) in [6.45, 7) is 0. The number of hydrogen-bond acceptors (Lipinski definition) is 3. The van der Waals surface area contributed by atoms with Crippen molar-refractivity contribution in [3.63, 3.8) is 0 Å². The summed E-state index contributed by atoms with van der Waals surface area (Å²) in [6, 6.07) is 5.51. The third kappa shape index (κ3) is 1.55. The van der Waals surface area contributed by atoms with Gasteiger partial charge in [-0.3, -0.25) is 0 Å². The summed E-state index contributed by atoms with van der Waals surface area (Å²) >= 11 is 0. The van der Waals surface area contributed by atoms with Crippen molar-refractivity contribution >= 4 is 11.0 Å². The summed E-state index contributed by atoms with van der Waals surface area (Å²) in [5, 5.41) is 9.38. The molecule has 2 aromatic rings. The number of aromatic amines is 1. The minimum Gasteiger partial charge on any atom is -0.508 e. The Labute approximate surface area is 93.5 Å². The highest BCUT2D eigenvalue weighted by atomic mass is 16.3. The van der Waals surface area contributed by atoms with Crippen molar-refractivity contribution in [2.45, 2.75) is 31.2 Å². The third-order valence-electron chi connectivity index (χ3n) is 3.34. The van der Waals surface area contributed by atoms with Crippen LogP contribution in [0, 0.1) is 0 Å². The molecular formula is C12H15N3O. The lowest BCUT2D eigenvalue weighted by atomic mass is 10.1. The molecule has 0 spiro atoms. The van der Waals surface area contributed by atoms with Gasteiger partial charge in [0.1, 0.15) is 11.6 Å². The van der Waals surface area contributed by atoms with E-state index in [1.807, 2.05) is 6.07 Å². The van der Waals surface area contributed by atoms with Crippen LogP contribution >= 0.6 is 0 Å². The van der Waals surface area contributed by atoms with Gasteiger partial charge in [-0.15, -0.1) is 0 Å². The predicted molar refractivity (Wildman–Crippen MR) is 62.3 cm³/mol. The van der Waals surface area contributed by atoms with E-state index < -0.39 is 0 Å². The molecule has 1 aromatic heterocycles. The molecule has 4 nitrogen and oxygen atoms in total. The summed E-state index contributed by atoms with van der Waals surface area (Å²) in [5.41, 5.74) is 7.71. The SMILES string of the molecule is N[C@H]1CC[C@@H](c2nc3ccc(O)cc3[nH]2)C1. The molecule has 1 saturated carbocycles. The molecule has 0 radical (unpaired) electrons. The van der Waals surface area contributed by atoms with Gasteiger partial charge in [-0.25, -0.2) is 4.98 Å². The molecule has 84 valence electrons. The number of phenols is 1. The van der Waals surface area contributed by atoms with Crippen LogP contribution in [0.2, 0.25) is 0 Å². The number of fused-ring (bicyclic) bond motifs is 1. The number of benzene rings is 1.